The molecule has 0 amide bonds. The summed E-state index contributed by atoms with van der Waals surface area (Å²) in [5.41, 5.74) is 2.00. The first-order valence-electron chi connectivity index (χ1n) is 5.55. The molecule has 1 aromatic rings. The summed E-state index contributed by atoms with van der Waals surface area (Å²) in [5.74, 6) is 5.48. The van der Waals surface area contributed by atoms with Crippen LogP contribution in [0.15, 0.2) is 0 Å². The summed E-state index contributed by atoms with van der Waals surface area (Å²) in [6, 6.07) is 0.389. The van der Waals surface area contributed by atoms with Gasteiger partial charge in [-0.05, 0) is 27.2 Å². The van der Waals surface area contributed by atoms with Crippen LogP contribution in [-0.2, 0) is 0 Å². The fourth-order valence-electron chi connectivity index (χ4n) is 0.961. The Labute approximate surface area is 101 Å². The first-order valence-corrected chi connectivity index (χ1v) is 5.55. The van der Waals surface area contributed by atoms with E-state index in [2.05, 4.69) is 20.4 Å². The van der Waals surface area contributed by atoms with Crippen molar-refractivity contribution in [3.63, 3.8) is 0 Å². The molecule has 0 unspecified atom stereocenters. The lowest BCUT2D eigenvalue weighted by atomic mass is 10.1. The van der Waals surface area contributed by atoms with E-state index in [4.69, 9.17) is 15.3 Å². The molecular weight excluding hydrogens is 222 g/mol. The van der Waals surface area contributed by atoms with Crippen molar-refractivity contribution in [2.45, 2.75) is 39.7 Å². The van der Waals surface area contributed by atoms with Crippen molar-refractivity contribution in [3.8, 4) is 12.0 Å². The van der Waals surface area contributed by atoms with Gasteiger partial charge in [-0.15, -0.1) is 4.98 Å². The topological polar surface area (TPSA) is 95.2 Å². The van der Waals surface area contributed by atoms with E-state index in [-0.39, 0.29) is 23.6 Å². The molecule has 0 radical (unpaired) electrons. The summed E-state index contributed by atoms with van der Waals surface area (Å²) < 4.78 is 10.8. The van der Waals surface area contributed by atoms with Crippen molar-refractivity contribution >= 4 is 5.95 Å². The minimum atomic E-state index is -0.350. The van der Waals surface area contributed by atoms with Gasteiger partial charge in [-0.25, -0.2) is 5.84 Å². The van der Waals surface area contributed by atoms with Crippen LogP contribution in [0.25, 0.3) is 0 Å². The quantitative estimate of drug-likeness (QED) is 0.569. The second-order valence-electron chi connectivity index (χ2n) is 4.02. The molecule has 7 nitrogen and oxygen atoms in total. The molecule has 0 aliphatic rings. The van der Waals surface area contributed by atoms with E-state index in [9.17, 15) is 0 Å². The van der Waals surface area contributed by atoms with E-state index in [0.717, 1.165) is 6.42 Å². The van der Waals surface area contributed by atoms with Crippen LogP contribution in [-0.4, -0.2) is 27.2 Å². The number of nitrogens with zero attached hydrogens (tertiary/aromatic N) is 3. The van der Waals surface area contributed by atoms with Crippen LogP contribution in [0.3, 0.4) is 0 Å². The maximum Gasteiger partial charge on any atom is 0.325 e. The molecule has 7 heteroatoms. The van der Waals surface area contributed by atoms with Crippen LogP contribution in [0.4, 0.5) is 5.95 Å². The summed E-state index contributed by atoms with van der Waals surface area (Å²) in [5, 5.41) is 0. The Morgan fingerprint density at radius 2 is 1.82 bits per heavy atom. The van der Waals surface area contributed by atoms with Crippen molar-refractivity contribution in [1.82, 2.24) is 15.0 Å². The Morgan fingerprint density at radius 1 is 1.18 bits per heavy atom. The highest BCUT2D eigenvalue weighted by atomic mass is 16.5. The van der Waals surface area contributed by atoms with Crippen molar-refractivity contribution in [1.29, 1.82) is 0 Å². The van der Waals surface area contributed by atoms with Crippen LogP contribution < -0.4 is 20.7 Å². The third-order valence-electron chi connectivity index (χ3n) is 2.22. The van der Waals surface area contributed by atoms with Gasteiger partial charge in [0.05, 0.1) is 6.61 Å². The highest BCUT2D eigenvalue weighted by molar-refractivity contribution is 5.25. The predicted molar refractivity (Wildman–Crippen MR) is 63.8 cm³/mol. The molecule has 17 heavy (non-hydrogen) atoms. The van der Waals surface area contributed by atoms with E-state index < -0.39 is 0 Å². The first-order chi connectivity index (χ1) is 8.00. The van der Waals surface area contributed by atoms with Gasteiger partial charge in [0.25, 0.3) is 0 Å². The first kappa shape index (κ1) is 13.4. The molecule has 1 rings (SSSR count). The number of nitrogens with one attached hydrogen (secondary N) is 1. The number of anilines is 1. The van der Waals surface area contributed by atoms with Crippen LogP contribution in [0.2, 0.25) is 0 Å². The van der Waals surface area contributed by atoms with E-state index >= 15 is 0 Å². The second kappa shape index (κ2) is 5.62. The molecule has 1 heterocycles. The van der Waals surface area contributed by atoms with Gasteiger partial charge in [-0.1, -0.05) is 6.92 Å². The van der Waals surface area contributed by atoms with E-state index in [0.29, 0.717) is 6.61 Å². The number of ether oxygens (including phenoxy) is 2. The zero-order chi connectivity index (χ0) is 12.9. The molecule has 0 saturated carbocycles. The van der Waals surface area contributed by atoms with Gasteiger partial charge in [0, 0.05) is 0 Å². The number of hydrazine groups is 1. The molecular formula is C10H19N5O2. The van der Waals surface area contributed by atoms with Gasteiger partial charge in [0.2, 0.25) is 5.95 Å². The lowest BCUT2D eigenvalue weighted by molar-refractivity contribution is 0.0908. The third-order valence-corrected chi connectivity index (χ3v) is 2.22. The predicted octanol–water partition coefficient (Wildman–Crippen LogP) is 1.12. The smallest absolute Gasteiger partial charge is 0.325 e. The lowest BCUT2D eigenvalue weighted by Crippen LogP contribution is -2.28. The Balaban J connectivity index is 2.94. The number of rotatable bonds is 6. The molecule has 96 valence electrons. The molecule has 0 aliphatic carbocycles. The summed E-state index contributed by atoms with van der Waals surface area (Å²) in [6.07, 6.45) is 0.827. The molecule has 0 spiro atoms. The van der Waals surface area contributed by atoms with Crippen molar-refractivity contribution in [2.24, 2.45) is 5.84 Å². The van der Waals surface area contributed by atoms with Gasteiger partial charge in [-0.3, -0.25) is 5.43 Å². The van der Waals surface area contributed by atoms with Crippen molar-refractivity contribution in [2.75, 3.05) is 12.0 Å². The fourth-order valence-corrected chi connectivity index (χ4v) is 0.961. The molecule has 0 atom stereocenters. The van der Waals surface area contributed by atoms with Gasteiger partial charge in [-0.2, -0.15) is 9.97 Å². The largest absolute Gasteiger partial charge is 0.464 e. The summed E-state index contributed by atoms with van der Waals surface area (Å²) in [4.78, 5) is 12.0. The zero-order valence-corrected chi connectivity index (χ0v) is 10.6. The number of hydrogen-bond donors (Lipinski definition) is 2. The van der Waals surface area contributed by atoms with Gasteiger partial charge < -0.3 is 9.47 Å². The average Bonchev–Trinajstić information content (AvgIpc) is 2.28. The highest BCUT2D eigenvalue weighted by Gasteiger charge is 2.20. The number of hydrogen-bond acceptors (Lipinski definition) is 7. The lowest BCUT2D eigenvalue weighted by Gasteiger charge is -2.23. The maximum atomic E-state index is 5.64. The molecule has 0 fully saturated rings. The normalized spacial score (nSPS) is 11.1. The zero-order valence-electron chi connectivity index (χ0n) is 10.6. The van der Waals surface area contributed by atoms with Crippen LogP contribution >= 0.6 is 0 Å². The summed E-state index contributed by atoms with van der Waals surface area (Å²) in [6.45, 7) is 8.23. The monoisotopic (exact) mass is 241 g/mol. The van der Waals surface area contributed by atoms with Crippen molar-refractivity contribution in [3.05, 3.63) is 0 Å². The summed E-state index contributed by atoms with van der Waals surface area (Å²) >= 11 is 0. The van der Waals surface area contributed by atoms with E-state index in [1.54, 1.807) is 0 Å². The second-order valence-corrected chi connectivity index (χ2v) is 4.02. The third kappa shape index (κ3) is 4.03. The number of aromatic nitrogens is 3. The molecule has 0 saturated heterocycles. The Hall–Kier alpha value is -1.63. The molecule has 0 aromatic carbocycles. The molecule has 0 bridgehead atoms. The molecule has 3 N–H and O–H groups in total. The van der Waals surface area contributed by atoms with Crippen LogP contribution in [0.5, 0.6) is 12.0 Å². The van der Waals surface area contributed by atoms with E-state index in [1.165, 1.54) is 0 Å². The number of nitrogens with two attached hydrogens (primary N) is 1. The fraction of sp³-hybridized carbons (Fsp3) is 0.700. The van der Waals surface area contributed by atoms with Gasteiger partial charge >= 0.3 is 12.0 Å². The van der Waals surface area contributed by atoms with Gasteiger partial charge in [0.1, 0.15) is 5.60 Å². The maximum absolute atomic E-state index is 5.64. The van der Waals surface area contributed by atoms with Crippen LogP contribution in [0.1, 0.15) is 34.1 Å². The van der Waals surface area contributed by atoms with Gasteiger partial charge in [0.15, 0.2) is 0 Å². The Kier molecular flexibility index (Phi) is 4.45. The highest BCUT2D eigenvalue weighted by Crippen LogP contribution is 2.19. The average molecular weight is 241 g/mol. The minimum Gasteiger partial charge on any atom is -0.464 e. The standard InChI is InChI=1S/C10H19N5O2/c1-5-10(3,4)17-9-13-7(15-11)12-8(14-9)16-6-2/h5-6,11H2,1-4H3,(H,12,13,14,15). The number of nitrogen functional groups attached to an aromatic ring is 1. The summed E-state index contributed by atoms with van der Waals surface area (Å²) in [7, 11) is 0. The SMILES string of the molecule is CCOc1nc(NN)nc(OC(C)(C)CC)n1. The van der Waals surface area contributed by atoms with E-state index in [1.807, 2.05) is 27.7 Å². The molecule has 0 aliphatic heterocycles. The Morgan fingerprint density at radius 3 is 2.35 bits per heavy atom. The molecule has 1 aromatic heterocycles. The Bertz CT molecular complexity index is 370. The van der Waals surface area contributed by atoms with Crippen molar-refractivity contribution < 1.29 is 9.47 Å². The van der Waals surface area contributed by atoms with Crippen LogP contribution in [0, 0.1) is 0 Å². The minimum absolute atomic E-state index is 0.192.